The summed E-state index contributed by atoms with van der Waals surface area (Å²) in [7, 11) is 3.05. The van der Waals surface area contributed by atoms with E-state index >= 15 is 0 Å². The zero-order valence-corrected chi connectivity index (χ0v) is 33.7. The molecule has 0 unspecified atom stereocenters. The lowest BCUT2D eigenvalue weighted by Crippen LogP contribution is -2.49. The second-order valence-corrected chi connectivity index (χ2v) is 14.8. The van der Waals surface area contributed by atoms with Gasteiger partial charge in [0.05, 0.1) is 43.8 Å². The number of hydrogen-bond acceptors (Lipinski definition) is 11. The number of piperidine rings is 1. The molecule has 14 nitrogen and oxygen atoms in total. The third-order valence-corrected chi connectivity index (χ3v) is 9.84. The van der Waals surface area contributed by atoms with E-state index in [2.05, 4.69) is 20.6 Å². The maximum absolute atomic E-state index is 13.5. The first-order valence-corrected chi connectivity index (χ1v) is 18.8. The highest BCUT2D eigenvalue weighted by Gasteiger charge is 2.33. The van der Waals surface area contributed by atoms with Crippen LogP contribution in [0.15, 0.2) is 54.9 Å². The van der Waals surface area contributed by atoms with Crippen LogP contribution in [0.4, 0.5) is 10.5 Å². The molecule has 1 aromatic carbocycles. The first kappa shape index (κ1) is 41.8. The number of hydrogen-bond donors (Lipinski definition) is 3. The highest BCUT2D eigenvalue weighted by atomic mass is 35.5. The minimum Gasteiger partial charge on any atom is -0.496 e. The number of pyridine rings is 3. The molecule has 0 saturated carbocycles. The van der Waals surface area contributed by atoms with Crippen molar-refractivity contribution in [2.24, 2.45) is 0 Å². The van der Waals surface area contributed by atoms with Gasteiger partial charge in [-0.05, 0) is 70.4 Å². The Kier molecular flexibility index (Phi) is 13.9. The fraction of sp³-hybridized carbons (Fsp3) is 0.415. The van der Waals surface area contributed by atoms with Gasteiger partial charge < -0.3 is 39.8 Å². The highest BCUT2D eigenvalue weighted by Crippen LogP contribution is 2.38. The van der Waals surface area contributed by atoms with Gasteiger partial charge in [-0.15, -0.1) is 0 Å². The lowest BCUT2D eigenvalue weighted by Gasteiger charge is -2.39. The molecular formula is C41H50ClN7O7. The van der Waals surface area contributed by atoms with Crippen molar-refractivity contribution in [2.75, 3.05) is 45.8 Å². The van der Waals surface area contributed by atoms with E-state index in [0.717, 1.165) is 11.1 Å². The number of aliphatic hydroxyl groups is 1. The smallest absolute Gasteiger partial charge is 0.410 e. The lowest BCUT2D eigenvalue weighted by molar-refractivity contribution is -0.130. The number of amides is 3. The number of aromatic nitrogens is 3. The van der Waals surface area contributed by atoms with E-state index in [0.29, 0.717) is 89.4 Å². The molecule has 1 fully saturated rings. The molecule has 1 saturated heterocycles. The van der Waals surface area contributed by atoms with Gasteiger partial charge in [0.25, 0.3) is 5.91 Å². The SMILES string of the molecule is COc1cc(C(=O)Nc2cccc(-c3nccc(-c4ccc(CN(C(=O)OC(C)(C)C)C5CCN(C(C)=O)CC5)c(OC)n4)c3Cl)c2C)ncc1CNCCO. The van der Waals surface area contributed by atoms with Crippen LogP contribution >= 0.6 is 11.6 Å². The average Bonchev–Trinajstić information content (AvgIpc) is 3.17. The fourth-order valence-corrected chi connectivity index (χ4v) is 6.82. The number of halogens is 1. The third kappa shape index (κ3) is 10.1. The molecule has 3 N–H and O–H groups in total. The van der Waals surface area contributed by atoms with Crippen molar-refractivity contribution in [1.29, 1.82) is 0 Å². The Bertz CT molecular complexity index is 2050. The van der Waals surface area contributed by atoms with Crippen LogP contribution in [0.25, 0.3) is 22.5 Å². The van der Waals surface area contributed by atoms with E-state index in [4.69, 9.17) is 35.9 Å². The Balaban J connectivity index is 1.39. The van der Waals surface area contributed by atoms with Crippen LogP contribution in [0.1, 0.15) is 67.7 Å². The van der Waals surface area contributed by atoms with Gasteiger partial charge in [-0.25, -0.2) is 9.78 Å². The molecule has 1 aliphatic heterocycles. The molecule has 0 spiro atoms. The molecule has 0 bridgehead atoms. The summed E-state index contributed by atoms with van der Waals surface area (Å²) in [5, 5.41) is 15.4. The molecule has 1 aliphatic rings. The van der Waals surface area contributed by atoms with E-state index in [-0.39, 0.29) is 30.8 Å². The number of methoxy groups -OCH3 is 2. The molecule has 3 aromatic heterocycles. The van der Waals surface area contributed by atoms with Gasteiger partial charge in [0.15, 0.2) is 0 Å². The van der Waals surface area contributed by atoms with Crippen molar-refractivity contribution in [3.8, 4) is 34.1 Å². The van der Waals surface area contributed by atoms with Crippen molar-refractivity contribution in [2.45, 2.75) is 72.2 Å². The van der Waals surface area contributed by atoms with Crippen molar-refractivity contribution in [3.63, 3.8) is 0 Å². The summed E-state index contributed by atoms with van der Waals surface area (Å²) in [4.78, 5) is 56.1. The molecule has 0 atom stereocenters. The normalized spacial score (nSPS) is 13.3. The van der Waals surface area contributed by atoms with Crippen LogP contribution in [0, 0.1) is 6.92 Å². The van der Waals surface area contributed by atoms with E-state index in [9.17, 15) is 14.4 Å². The molecule has 298 valence electrons. The number of carbonyl (C=O) groups excluding carboxylic acids is 3. The summed E-state index contributed by atoms with van der Waals surface area (Å²) in [6, 6.07) is 12.4. The predicted octanol–water partition coefficient (Wildman–Crippen LogP) is 6.27. The zero-order valence-electron chi connectivity index (χ0n) is 32.9. The first-order valence-electron chi connectivity index (χ1n) is 18.4. The first-order chi connectivity index (χ1) is 26.7. The lowest BCUT2D eigenvalue weighted by atomic mass is 10.0. The van der Waals surface area contributed by atoms with Crippen molar-refractivity contribution >= 4 is 35.2 Å². The monoisotopic (exact) mass is 787 g/mol. The van der Waals surface area contributed by atoms with Gasteiger partial charge in [-0.1, -0.05) is 23.7 Å². The fourth-order valence-electron chi connectivity index (χ4n) is 6.51. The Morgan fingerprint density at radius 3 is 2.43 bits per heavy atom. The molecule has 4 heterocycles. The van der Waals surface area contributed by atoms with Crippen LogP contribution < -0.4 is 20.1 Å². The minimum atomic E-state index is -0.696. The Morgan fingerprint density at radius 2 is 1.77 bits per heavy atom. The van der Waals surface area contributed by atoms with Gasteiger partial charge in [0.2, 0.25) is 11.8 Å². The number of likely N-dealkylation sites (tertiary alicyclic amines) is 1. The summed E-state index contributed by atoms with van der Waals surface area (Å²) in [6.45, 7) is 11.1. The van der Waals surface area contributed by atoms with Crippen LogP contribution in [-0.4, -0.2) is 99.9 Å². The minimum absolute atomic E-state index is 0.00170. The van der Waals surface area contributed by atoms with Crippen molar-refractivity contribution in [1.82, 2.24) is 30.1 Å². The second kappa shape index (κ2) is 18.5. The maximum atomic E-state index is 13.5. The third-order valence-electron chi connectivity index (χ3n) is 9.45. The molecular weight excluding hydrogens is 738 g/mol. The number of aliphatic hydroxyl groups excluding tert-OH is 1. The van der Waals surface area contributed by atoms with Crippen LogP contribution in [0.5, 0.6) is 11.6 Å². The Labute approximate surface area is 332 Å². The number of nitrogens with zero attached hydrogens (tertiary/aromatic N) is 5. The molecule has 4 aromatic rings. The number of carbonyl (C=O) groups is 3. The topological polar surface area (TPSA) is 168 Å². The van der Waals surface area contributed by atoms with Crippen LogP contribution in [-0.2, 0) is 22.6 Å². The summed E-state index contributed by atoms with van der Waals surface area (Å²) in [5.74, 6) is 0.419. The summed E-state index contributed by atoms with van der Waals surface area (Å²) in [6.07, 6.45) is 4.01. The van der Waals surface area contributed by atoms with Gasteiger partial charge in [-0.2, -0.15) is 0 Å². The average molecular weight is 788 g/mol. The van der Waals surface area contributed by atoms with Crippen LogP contribution in [0.3, 0.4) is 0 Å². The quantitative estimate of drug-likeness (QED) is 0.131. The molecule has 0 radical (unpaired) electrons. The van der Waals surface area contributed by atoms with Crippen molar-refractivity contribution in [3.05, 3.63) is 82.3 Å². The largest absolute Gasteiger partial charge is 0.496 e. The highest BCUT2D eigenvalue weighted by molar-refractivity contribution is 6.35. The molecule has 56 heavy (non-hydrogen) atoms. The standard InChI is InChI=1S/C41H50ClN7O7/c1-25-30(9-8-10-32(25)46-38(52)34-21-35(54-6)28(23-45-34)22-43-17-20-50)37-36(42)31(13-16-44-37)33-12-11-27(39(47-33)55-7)24-49(40(53)56-41(3,4)5)29-14-18-48(19-15-29)26(2)51/h8-13,16,21,23,29,43,50H,14-15,17-20,22,24H2,1-7H3,(H,46,52). The maximum Gasteiger partial charge on any atom is 0.410 e. The number of ether oxygens (including phenoxy) is 3. The van der Waals surface area contributed by atoms with Crippen LogP contribution in [0.2, 0.25) is 5.02 Å². The predicted molar refractivity (Wildman–Crippen MR) is 214 cm³/mol. The van der Waals surface area contributed by atoms with E-state index < -0.39 is 17.6 Å². The van der Waals surface area contributed by atoms with Gasteiger partial charge >= 0.3 is 6.09 Å². The second-order valence-electron chi connectivity index (χ2n) is 14.4. The molecule has 3 amide bonds. The molecule has 0 aliphatic carbocycles. The number of anilines is 1. The number of rotatable bonds is 13. The molecule has 5 rings (SSSR count). The van der Waals surface area contributed by atoms with Gasteiger partial charge in [-0.3, -0.25) is 19.6 Å². The molecule has 15 heteroatoms. The summed E-state index contributed by atoms with van der Waals surface area (Å²) in [5.41, 5.74) is 4.55. The summed E-state index contributed by atoms with van der Waals surface area (Å²) < 4.78 is 17.1. The van der Waals surface area contributed by atoms with E-state index in [1.54, 1.807) is 47.3 Å². The van der Waals surface area contributed by atoms with Crippen molar-refractivity contribution < 1.29 is 33.7 Å². The Morgan fingerprint density at radius 1 is 1.02 bits per heavy atom. The van der Waals surface area contributed by atoms with E-state index in [1.165, 1.54) is 14.2 Å². The van der Waals surface area contributed by atoms with E-state index in [1.807, 2.05) is 52.0 Å². The van der Waals surface area contributed by atoms with Gasteiger partial charge in [0, 0.05) is 85.5 Å². The summed E-state index contributed by atoms with van der Waals surface area (Å²) >= 11 is 7.08. The zero-order chi connectivity index (χ0) is 40.6. The number of benzene rings is 1. The Hall–Kier alpha value is -5.31. The number of nitrogens with one attached hydrogen (secondary N) is 2. The van der Waals surface area contributed by atoms with Gasteiger partial charge in [0.1, 0.15) is 17.0 Å².